The van der Waals surface area contributed by atoms with Crippen LogP contribution in [0.15, 0.2) is 11.9 Å². The van der Waals surface area contributed by atoms with Crippen LogP contribution in [-0.2, 0) is 0 Å². The van der Waals surface area contributed by atoms with E-state index in [1.54, 1.807) is 21.0 Å². The van der Waals surface area contributed by atoms with E-state index in [1.807, 2.05) is 0 Å². The first-order chi connectivity index (χ1) is 10.9. The highest BCUT2D eigenvalue weighted by Crippen LogP contribution is 2.27. The van der Waals surface area contributed by atoms with E-state index in [2.05, 4.69) is 10.3 Å². The Morgan fingerprint density at radius 1 is 1.39 bits per heavy atom. The molecule has 0 atom stereocenters. The molecule has 1 aliphatic rings. The molecule has 0 unspecified atom stereocenters. The number of aryl methyl sites for hydroxylation is 1. The molecule has 5 N–H and O–H groups in total. The van der Waals surface area contributed by atoms with Crippen molar-refractivity contribution in [3.05, 3.63) is 29.1 Å². The zero-order valence-corrected chi connectivity index (χ0v) is 14.0. The molecule has 23 heavy (non-hydrogen) atoms. The Bertz CT molecular complexity index is 582. The lowest BCUT2D eigenvalue weighted by Crippen LogP contribution is -2.34. The third kappa shape index (κ3) is 4.04. The quantitative estimate of drug-likeness (QED) is 0.566. The van der Waals surface area contributed by atoms with Gasteiger partial charge in [0.15, 0.2) is 5.82 Å². The Morgan fingerprint density at radius 3 is 2.61 bits per heavy atom. The van der Waals surface area contributed by atoms with Crippen LogP contribution in [0, 0.1) is 12.7 Å². The van der Waals surface area contributed by atoms with Crippen molar-refractivity contribution >= 4 is 5.70 Å². The van der Waals surface area contributed by atoms with Crippen LogP contribution in [0.3, 0.4) is 0 Å². The first-order valence-electron chi connectivity index (χ1n) is 7.94. The molecule has 0 bridgehead atoms. The van der Waals surface area contributed by atoms with Gasteiger partial charge in [-0.15, -0.1) is 0 Å². The molecule has 0 aromatic carbocycles. The van der Waals surface area contributed by atoms with Crippen molar-refractivity contribution in [2.24, 2.45) is 11.6 Å². The summed E-state index contributed by atoms with van der Waals surface area (Å²) in [6.07, 6.45) is 5.71. The number of nitrogens with one attached hydrogen (secondary N) is 1. The van der Waals surface area contributed by atoms with Gasteiger partial charge in [-0.05, 0) is 32.6 Å². The zero-order chi connectivity index (χ0) is 17.0. The maximum atomic E-state index is 14.5. The number of halogens is 1. The summed E-state index contributed by atoms with van der Waals surface area (Å²) < 4.78 is 20.4. The molecule has 0 spiro atoms. The summed E-state index contributed by atoms with van der Waals surface area (Å²) in [5.74, 6) is 6.05. The lowest BCUT2D eigenvalue weighted by atomic mass is 9.98. The zero-order valence-electron chi connectivity index (χ0n) is 14.0. The standard InChI is InChI=1S/C16H26FN5O/c1-10-13(23-11-7-5-4-6-8-11)9-12(17)15(21-10)14(18)16(20-2)22(3)19/h9,11,20H,4-8,18-19H2,1-3H3/b16-14-. The Hall–Kier alpha value is -2.02. The fourth-order valence-corrected chi connectivity index (χ4v) is 2.85. The third-order valence-electron chi connectivity index (χ3n) is 4.07. The van der Waals surface area contributed by atoms with E-state index in [-0.39, 0.29) is 17.5 Å². The fraction of sp³-hybridized carbons (Fsp3) is 0.562. The van der Waals surface area contributed by atoms with Crippen LogP contribution in [0.2, 0.25) is 0 Å². The summed E-state index contributed by atoms with van der Waals surface area (Å²) in [6, 6.07) is 1.36. The lowest BCUT2D eigenvalue weighted by Gasteiger charge is -2.24. The van der Waals surface area contributed by atoms with Gasteiger partial charge in [-0.2, -0.15) is 0 Å². The van der Waals surface area contributed by atoms with Gasteiger partial charge >= 0.3 is 0 Å². The highest BCUT2D eigenvalue weighted by atomic mass is 19.1. The molecule has 1 saturated carbocycles. The number of hydrogen-bond acceptors (Lipinski definition) is 6. The Balaban J connectivity index is 2.29. The van der Waals surface area contributed by atoms with Crippen molar-refractivity contribution in [2.75, 3.05) is 14.1 Å². The first-order valence-corrected chi connectivity index (χ1v) is 7.94. The van der Waals surface area contributed by atoms with Crippen molar-refractivity contribution in [1.29, 1.82) is 0 Å². The average Bonchev–Trinajstić information content (AvgIpc) is 2.51. The van der Waals surface area contributed by atoms with Gasteiger partial charge in [0, 0.05) is 20.2 Å². The molecule has 0 aliphatic heterocycles. The van der Waals surface area contributed by atoms with E-state index < -0.39 is 5.82 Å². The number of nitrogens with two attached hydrogens (primary N) is 2. The molecule has 1 aromatic rings. The molecule has 1 aromatic heterocycles. The molecule has 7 heteroatoms. The van der Waals surface area contributed by atoms with E-state index in [9.17, 15) is 4.39 Å². The number of aromatic nitrogens is 1. The lowest BCUT2D eigenvalue weighted by molar-refractivity contribution is 0.152. The van der Waals surface area contributed by atoms with Gasteiger partial charge in [0.1, 0.15) is 23.0 Å². The average molecular weight is 323 g/mol. The van der Waals surface area contributed by atoms with Crippen LogP contribution in [0.25, 0.3) is 5.70 Å². The summed E-state index contributed by atoms with van der Waals surface area (Å²) in [7, 11) is 3.28. The highest BCUT2D eigenvalue weighted by Gasteiger charge is 2.20. The number of rotatable bonds is 5. The molecule has 2 rings (SSSR count). The smallest absolute Gasteiger partial charge is 0.154 e. The van der Waals surface area contributed by atoms with Gasteiger partial charge in [-0.3, -0.25) is 5.01 Å². The molecule has 6 nitrogen and oxygen atoms in total. The van der Waals surface area contributed by atoms with Crippen LogP contribution in [-0.4, -0.2) is 30.2 Å². The molecule has 0 saturated heterocycles. The van der Waals surface area contributed by atoms with Gasteiger partial charge in [0.2, 0.25) is 0 Å². The summed E-state index contributed by atoms with van der Waals surface area (Å²) in [6.45, 7) is 1.79. The van der Waals surface area contributed by atoms with E-state index in [0.29, 0.717) is 17.3 Å². The minimum absolute atomic E-state index is 0.0696. The second-order valence-electron chi connectivity index (χ2n) is 5.90. The summed E-state index contributed by atoms with van der Waals surface area (Å²) in [4.78, 5) is 4.28. The van der Waals surface area contributed by atoms with Gasteiger partial charge in [-0.1, -0.05) is 6.42 Å². The maximum Gasteiger partial charge on any atom is 0.154 e. The predicted molar refractivity (Wildman–Crippen MR) is 88.6 cm³/mol. The van der Waals surface area contributed by atoms with Crippen molar-refractivity contribution in [2.45, 2.75) is 45.1 Å². The molecule has 1 aliphatic carbocycles. The molecule has 1 heterocycles. The Kier molecular flexibility index (Phi) is 5.65. The summed E-state index contributed by atoms with van der Waals surface area (Å²) in [5.41, 5.74) is 6.85. The minimum atomic E-state index is -0.520. The first kappa shape index (κ1) is 17.3. The van der Waals surface area contributed by atoms with Gasteiger partial charge in [0.25, 0.3) is 0 Å². The summed E-state index contributed by atoms with van der Waals surface area (Å²) >= 11 is 0. The van der Waals surface area contributed by atoms with Crippen molar-refractivity contribution < 1.29 is 9.13 Å². The van der Waals surface area contributed by atoms with Crippen molar-refractivity contribution in [1.82, 2.24) is 15.3 Å². The van der Waals surface area contributed by atoms with Crippen LogP contribution < -0.4 is 21.6 Å². The predicted octanol–water partition coefficient (Wildman–Crippen LogP) is 1.85. The fourth-order valence-electron chi connectivity index (χ4n) is 2.85. The molecule has 0 radical (unpaired) electrons. The van der Waals surface area contributed by atoms with Crippen LogP contribution in [0.1, 0.15) is 43.5 Å². The number of hydrazine groups is 1. The topological polar surface area (TPSA) is 89.4 Å². The molecule has 1 fully saturated rings. The normalized spacial score (nSPS) is 16.7. The minimum Gasteiger partial charge on any atom is -0.488 e. The van der Waals surface area contributed by atoms with Gasteiger partial charge in [0.05, 0.1) is 11.8 Å². The number of ether oxygens (including phenoxy) is 1. The van der Waals surface area contributed by atoms with Crippen LogP contribution >= 0.6 is 0 Å². The van der Waals surface area contributed by atoms with Gasteiger partial charge in [-0.25, -0.2) is 15.2 Å². The number of hydrogen-bond donors (Lipinski definition) is 3. The van der Waals surface area contributed by atoms with Crippen LogP contribution in [0.5, 0.6) is 5.75 Å². The summed E-state index contributed by atoms with van der Waals surface area (Å²) in [5, 5.41) is 4.13. The second kappa shape index (κ2) is 7.50. The Morgan fingerprint density at radius 2 is 2.04 bits per heavy atom. The van der Waals surface area contributed by atoms with E-state index in [1.165, 1.54) is 17.5 Å². The van der Waals surface area contributed by atoms with E-state index in [0.717, 1.165) is 25.7 Å². The molecular formula is C16H26FN5O. The number of nitrogens with zero attached hydrogens (tertiary/aromatic N) is 2. The van der Waals surface area contributed by atoms with E-state index >= 15 is 0 Å². The van der Waals surface area contributed by atoms with Crippen LogP contribution in [0.4, 0.5) is 4.39 Å². The van der Waals surface area contributed by atoms with Crippen molar-refractivity contribution in [3.63, 3.8) is 0 Å². The SMILES string of the molecule is CN/C(=C(/N)c1nc(C)c(OC2CCCCC2)cc1F)N(C)N. The van der Waals surface area contributed by atoms with Gasteiger partial charge < -0.3 is 15.8 Å². The monoisotopic (exact) mass is 323 g/mol. The van der Waals surface area contributed by atoms with Crippen molar-refractivity contribution in [3.8, 4) is 5.75 Å². The third-order valence-corrected chi connectivity index (χ3v) is 4.07. The number of pyridine rings is 1. The Labute approximate surface area is 136 Å². The maximum absolute atomic E-state index is 14.5. The molecular weight excluding hydrogens is 297 g/mol. The largest absolute Gasteiger partial charge is 0.488 e. The highest BCUT2D eigenvalue weighted by molar-refractivity contribution is 5.63. The van der Waals surface area contributed by atoms with E-state index in [4.69, 9.17) is 16.3 Å². The molecule has 128 valence electrons. The molecule has 0 amide bonds. The second-order valence-corrected chi connectivity index (χ2v) is 5.90.